The molecule has 4 heteroatoms. The van der Waals surface area contributed by atoms with Crippen LogP contribution in [0, 0.1) is 13.8 Å². The Morgan fingerprint density at radius 2 is 1.88 bits per heavy atom. The fourth-order valence-electron chi connectivity index (χ4n) is 1.98. The third kappa shape index (κ3) is 2.58. The first-order valence-electron chi connectivity index (χ1n) is 5.27. The molecule has 2 aromatic rings. The normalized spacial score (nSPS) is 12.8. The summed E-state index contributed by atoms with van der Waals surface area (Å²) in [5.41, 5.74) is 9.96. The summed E-state index contributed by atoms with van der Waals surface area (Å²) in [6, 6.07) is 8.06. The summed E-state index contributed by atoms with van der Waals surface area (Å²) < 4.78 is 0.941. The predicted octanol–water partition coefficient (Wildman–Crippen LogP) is 4.83. The highest BCUT2D eigenvalue weighted by molar-refractivity contribution is 9.11. The van der Waals surface area contributed by atoms with E-state index in [-0.39, 0.29) is 6.04 Å². The lowest BCUT2D eigenvalue weighted by atomic mass is 9.96. The molecule has 0 saturated carbocycles. The lowest BCUT2D eigenvalue weighted by Crippen LogP contribution is -2.13. The Morgan fingerprint density at radius 1 is 1.29 bits per heavy atom. The average Bonchev–Trinajstić information content (AvgIpc) is 2.59. The second-order valence-corrected chi connectivity index (χ2v) is 6.86. The van der Waals surface area contributed by atoms with Gasteiger partial charge in [-0.2, -0.15) is 0 Å². The zero-order chi connectivity index (χ0) is 12.6. The number of nitrogens with two attached hydrogens (primary N) is 1. The highest BCUT2D eigenvalue weighted by atomic mass is 79.9. The molecule has 17 heavy (non-hydrogen) atoms. The summed E-state index contributed by atoms with van der Waals surface area (Å²) >= 11 is 11.1. The molecule has 2 N–H and O–H groups in total. The minimum absolute atomic E-state index is 0.106. The van der Waals surface area contributed by atoms with Crippen molar-refractivity contribution in [1.29, 1.82) is 0 Å². The van der Waals surface area contributed by atoms with Gasteiger partial charge in [-0.25, -0.2) is 0 Å². The molecule has 0 bridgehead atoms. The zero-order valence-electron chi connectivity index (χ0n) is 9.63. The average molecular weight is 331 g/mol. The topological polar surface area (TPSA) is 26.0 Å². The number of halogens is 2. The monoisotopic (exact) mass is 329 g/mol. The quantitative estimate of drug-likeness (QED) is 0.838. The molecule has 0 radical (unpaired) electrons. The number of thiophene rings is 1. The molecule has 0 saturated heterocycles. The number of hydrogen-bond acceptors (Lipinski definition) is 2. The molecule has 0 fully saturated rings. The highest BCUT2D eigenvalue weighted by Gasteiger charge is 2.17. The van der Waals surface area contributed by atoms with Crippen molar-refractivity contribution in [2.24, 2.45) is 5.73 Å². The minimum Gasteiger partial charge on any atom is -0.320 e. The van der Waals surface area contributed by atoms with Gasteiger partial charge < -0.3 is 5.73 Å². The van der Waals surface area contributed by atoms with Crippen LogP contribution in [0.2, 0.25) is 5.02 Å². The van der Waals surface area contributed by atoms with Gasteiger partial charge in [0.2, 0.25) is 0 Å². The smallest absolute Gasteiger partial charge is 0.0888 e. The fraction of sp³-hybridized carbons (Fsp3) is 0.231. The summed E-state index contributed by atoms with van der Waals surface area (Å²) in [5, 5.41) is 0.728. The molecule has 0 amide bonds. The Hall–Kier alpha value is -0.350. The van der Waals surface area contributed by atoms with E-state index < -0.39 is 0 Å². The van der Waals surface area contributed by atoms with Gasteiger partial charge in [0.05, 0.1) is 14.9 Å². The van der Waals surface area contributed by atoms with E-state index in [2.05, 4.69) is 48.0 Å². The molecule has 0 spiro atoms. The number of benzene rings is 1. The minimum atomic E-state index is -0.106. The molecule has 1 aromatic heterocycles. The third-order valence-electron chi connectivity index (χ3n) is 2.82. The maximum absolute atomic E-state index is 6.33. The molecule has 2 rings (SSSR count). The Balaban J connectivity index is 2.47. The molecule has 90 valence electrons. The zero-order valence-corrected chi connectivity index (χ0v) is 12.8. The van der Waals surface area contributed by atoms with Crippen LogP contribution in [-0.4, -0.2) is 0 Å². The van der Waals surface area contributed by atoms with Gasteiger partial charge in [-0.15, -0.1) is 11.3 Å². The van der Waals surface area contributed by atoms with E-state index in [1.165, 1.54) is 16.7 Å². The van der Waals surface area contributed by atoms with Gasteiger partial charge in [0.15, 0.2) is 0 Å². The van der Waals surface area contributed by atoms with E-state index in [4.69, 9.17) is 17.3 Å². The van der Waals surface area contributed by atoms with Gasteiger partial charge in [0.1, 0.15) is 0 Å². The van der Waals surface area contributed by atoms with E-state index >= 15 is 0 Å². The van der Waals surface area contributed by atoms with Crippen LogP contribution in [0.3, 0.4) is 0 Å². The van der Waals surface area contributed by atoms with Crippen molar-refractivity contribution in [2.45, 2.75) is 19.9 Å². The summed E-state index contributed by atoms with van der Waals surface area (Å²) in [6.07, 6.45) is 0. The number of aryl methyl sites for hydroxylation is 2. The van der Waals surface area contributed by atoms with E-state index in [0.717, 1.165) is 13.7 Å². The van der Waals surface area contributed by atoms with Gasteiger partial charge in [-0.3, -0.25) is 0 Å². The molecule has 1 nitrogen and oxygen atoms in total. The molecular weight excluding hydrogens is 318 g/mol. The summed E-state index contributed by atoms with van der Waals surface area (Å²) in [6.45, 7) is 4.18. The molecule has 0 aliphatic carbocycles. The number of hydrogen-bond donors (Lipinski definition) is 1. The van der Waals surface area contributed by atoms with Gasteiger partial charge in [0.25, 0.3) is 0 Å². The first-order valence-corrected chi connectivity index (χ1v) is 7.26. The number of rotatable bonds is 2. The van der Waals surface area contributed by atoms with E-state index in [9.17, 15) is 0 Å². The van der Waals surface area contributed by atoms with Crippen LogP contribution in [0.4, 0.5) is 0 Å². The van der Waals surface area contributed by atoms with Crippen LogP contribution in [0.1, 0.15) is 27.6 Å². The van der Waals surface area contributed by atoms with Crippen LogP contribution in [-0.2, 0) is 0 Å². The van der Waals surface area contributed by atoms with Gasteiger partial charge in [0, 0.05) is 4.88 Å². The van der Waals surface area contributed by atoms with Crippen molar-refractivity contribution < 1.29 is 0 Å². The molecular formula is C13H13BrClNS. The lowest BCUT2D eigenvalue weighted by molar-refractivity contribution is 0.871. The molecule has 1 aromatic carbocycles. The Labute approximate surface area is 119 Å². The van der Waals surface area contributed by atoms with Crippen LogP contribution in [0.5, 0.6) is 0 Å². The molecule has 1 atom stereocenters. The first kappa shape index (κ1) is 13.1. The second-order valence-electron chi connectivity index (χ2n) is 4.05. The highest BCUT2D eigenvalue weighted by Crippen LogP contribution is 2.37. The van der Waals surface area contributed by atoms with Crippen molar-refractivity contribution in [3.05, 3.63) is 54.6 Å². The largest absolute Gasteiger partial charge is 0.320 e. The Morgan fingerprint density at radius 3 is 2.35 bits per heavy atom. The predicted molar refractivity (Wildman–Crippen MR) is 79.0 cm³/mol. The molecule has 1 heterocycles. The van der Waals surface area contributed by atoms with Crippen molar-refractivity contribution in [3.8, 4) is 0 Å². The van der Waals surface area contributed by atoms with E-state index in [1.54, 1.807) is 11.3 Å². The maximum atomic E-state index is 6.33. The Bertz CT molecular complexity index is 511. The van der Waals surface area contributed by atoms with E-state index in [0.29, 0.717) is 0 Å². The van der Waals surface area contributed by atoms with Crippen molar-refractivity contribution in [2.75, 3.05) is 0 Å². The lowest BCUT2D eigenvalue weighted by Gasteiger charge is -2.16. The van der Waals surface area contributed by atoms with Gasteiger partial charge >= 0.3 is 0 Å². The SMILES string of the molecule is Cc1cccc(C)c1C(N)c1cc(Cl)c(Br)s1. The van der Waals surface area contributed by atoms with Crippen LogP contribution in [0.15, 0.2) is 28.1 Å². The Kier molecular flexibility index (Phi) is 3.93. The first-order chi connectivity index (χ1) is 8.00. The third-order valence-corrected chi connectivity index (χ3v) is 5.38. The van der Waals surface area contributed by atoms with Crippen LogP contribution >= 0.6 is 38.9 Å². The van der Waals surface area contributed by atoms with Crippen molar-refractivity contribution in [3.63, 3.8) is 0 Å². The molecule has 0 aliphatic heterocycles. The molecule has 0 aliphatic rings. The second kappa shape index (κ2) is 5.11. The maximum Gasteiger partial charge on any atom is 0.0888 e. The van der Waals surface area contributed by atoms with Crippen molar-refractivity contribution in [1.82, 2.24) is 0 Å². The van der Waals surface area contributed by atoms with Crippen LogP contribution < -0.4 is 5.73 Å². The summed E-state index contributed by atoms with van der Waals surface area (Å²) in [7, 11) is 0. The van der Waals surface area contributed by atoms with Crippen molar-refractivity contribution >= 4 is 38.9 Å². The van der Waals surface area contributed by atoms with Crippen LogP contribution in [0.25, 0.3) is 0 Å². The van der Waals surface area contributed by atoms with Gasteiger partial charge in [-0.1, -0.05) is 29.8 Å². The van der Waals surface area contributed by atoms with Gasteiger partial charge in [-0.05, 0) is 52.5 Å². The summed E-state index contributed by atoms with van der Waals surface area (Å²) in [4.78, 5) is 1.08. The fourth-order valence-corrected chi connectivity index (χ4v) is 3.73. The molecule has 1 unspecified atom stereocenters. The summed E-state index contributed by atoms with van der Waals surface area (Å²) in [5.74, 6) is 0. The standard InChI is InChI=1S/C13H13BrClNS/c1-7-4-3-5-8(2)11(7)12(16)10-6-9(15)13(14)17-10/h3-6,12H,16H2,1-2H3. The van der Waals surface area contributed by atoms with E-state index in [1.807, 2.05) is 6.07 Å².